The van der Waals surface area contributed by atoms with Crippen LogP contribution in [0.5, 0.6) is 0 Å². The molecule has 3 N–H and O–H groups in total. The van der Waals surface area contributed by atoms with Crippen LogP contribution in [0.4, 0.5) is 4.79 Å². The SMILES string of the molecule is CC(C)N(CC(N)=O)C(=O)N1CCCN(CC(=O)O)CC1. The number of carboxylic acids is 1. The lowest BCUT2D eigenvalue weighted by atomic mass is 10.3. The van der Waals surface area contributed by atoms with Crippen LogP contribution < -0.4 is 5.73 Å². The monoisotopic (exact) mass is 300 g/mol. The van der Waals surface area contributed by atoms with Gasteiger partial charge in [0, 0.05) is 32.2 Å². The quantitative estimate of drug-likeness (QED) is 0.704. The van der Waals surface area contributed by atoms with Gasteiger partial charge in [0.15, 0.2) is 0 Å². The van der Waals surface area contributed by atoms with Crippen LogP contribution in [-0.4, -0.2) is 83.0 Å². The Labute approximate surface area is 124 Å². The topological polar surface area (TPSA) is 107 Å². The van der Waals surface area contributed by atoms with Crippen molar-refractivity contribution in [2.24, 2.45) is 5.73 Å². The maximum atomic E-state index is 12.5. The van der Waals surface area contributed by atoms with Crippen molar-refractivity contribution in [1.82, 2.24) is 14.7 Å². The number of urea groups is 1. The van der Waals surface area contributed by atoms with Crippen LogP contribution in [0.25, 0.3) is 0 Å². The number of hydrogen-bond acceptors (Lipinski definition) is 4. The van der Waals surface area contributed by atoms with E-state index >= 15 is 0 Å². The third kappa shape index (κ3) is 5.58. The van der Waals surface area contributed by atoms with Gasteiger partial charge in [-0.2, -0.15) is 0 Å². The van der Waals surface area contributed by atoms with E-state index in [1.165, 1.54) is 4.90 Å². The van der Waals surface area contributed by atoms with Gasteiger partial charge in [0.25, 0.3) is 0 Å². The second-order valence-electron chi connectivity index (χ2n) is 5.48. The van der Waals surface area contributed by atoms with E-state index < -0.39 is 11.9 Å². The van der Waals surface area contributed by atoms with Crippen LogP contribution in [0.2, 0.25) is 0 Å². The molecule has 21 heavy (non-hydrogen) atoms. The first kappa shape index (κ1) is 17.2. The number of carbonyl (C=O) groups excluding carboxylic acids is 2. The Bertz CT molecular complexity index is 400. The number of amides is 3. The van der Waals surface area contributed by atoms with Gasteiger partial charge in [0.05, 0.1) is 6.54 Å². The molecule has 120 valence electrons. The third-order valence-electron chi connectivity index (χ3n) is 3.41. The highest BCUT2D eigenvalue weighted by Crippen LogP contribution is 2.09. The fourth-order valence-electron chi connectivity index (χ4n) is 2.33. The summed E-state index contributed by atoms with van der Waals surface area (Å²) in [5.74, 6) is -1.41. The summed E-state index contributed by atoms with van der Waals surface area (Å²) in [6.07, 6.45) is 0.710. The molecule has 1 fully saturated rings. The highest BCUT2D eigenvalue weighted by atomic mass is 16.4. The smallest absolute Gasteiger partial charge is 0.320 e. The maximum absolute atomic E-state index is 12.5. The van der Waals surface area contributed by atoms with Crippen LogP contribution in [0.1, 0.15) is 20.3 Å². The average molecular weight is 300 g/mol. The first-order valence-corrected chi connectivity index (χ1v) is 7.09. The average Bonchev–Trinajstić information content (AvgIpc) is 2.59. The molecule has 3 amide bonds. The Balaban J connectivity index is 2.64. The minimum atomic E-state index is -0.868. The van der Waals surface area contributed by atoms with E-state index in [0.717, 1.165) is 0 Å². The Morgan fingerprint density at radius 1 is 1.19 bits per heavy atom. The first-order chi connectivity index (χ1) is 9.81. The van der Waals surface area contributed by atoms with Crippen molar-refractivity contribution in [3.63, 3.8) is 0 Å². The zero-order valence-electron chi connectivity index (χ0n) is 12.6. The normalized spacial score (nSPS) is 16.6. The van der Waals surface area contributed by atoms with Crippen molar-refractivity contribution in [1.29, 1.82) is 0 Å². The van der Waals surface area contributed by atoms with E-state index in [1.54, 1.807) is 4.90 Å². The molecular formula is C13H24N4O4. The number of carboxylic acid groups (broad SMARTS) is 1. The zero-order chi connectivity index (χ0) is 16.0. The van der Waals surface area contributed by atoms with Gasteiger partial charge in [0.2, 0.25) is 5.91 Å². The van der Waals surface area contributed by atoms with Gasteiger partial charge in [-0.15, -0.1) is 0 Å². The van der Waals surface area contributed by atoms with Crippen molar-refractivity contribution in [3.8, 4) is 0 Å². The Morgan fingerprint density at radius 2 is 1.86 bits per heavy atom. The van der Waals surface area contributed by atoms with Gasteiger partial charge in [-0.25, -0.2) is 4.79 Å². The molecule has 8 nitrogen and oxygen atoms in total. The van der Waals surface area contributed by atoms with Crippen LogP contribution in [0.15, 0.2) is 0 Å². The molecule has 0 radical (unpaired) electrons. The summed E-state index contributed by atoms with van der Waals surface area (Å²) in [6.45, 7) is 5.70. The predicted octanol–water partition coefficient (Wildman–Crippen LogP) is -0.606. The van der Waals surface area contributed by atoms with Crippen LogP contribution in [-0.2, 0) is 9.59 Å². The second kappa shape index (κ2) is 7.82. The molecule has 1 rings (SSSR count). The Kier molecular flexibility index (Phi) is 6.41. The fraction of sp³-hybridized carbons (Fsp3) is 0.769. The number of nitrogens with zero attached hydrogens (tertiary/aromatic N) is 3. The molecular weight excluding hydrogens is 276 g/mol. The summed E-state index contributed by atoms with van der Waals surface area (Å²) >= 11 is 0. The Hall–Kier alpha value is -1.83. The Morgan fingerprint density at radius 3 is 2.38 bits per heavy atom. The number of hydrogen-bond donors (Lipinski definition) is 2. The van der Waals surface area contributed by atoms with Gasteiger partial charge in [0.1, 0.15) is 6.54 Å². The summed E-state index contributed by atoms with van der Waals surface area (Å²) < 4.78 is 0. The molecule has 0 saturated carbocycles. The lowest BCUT2D eigenvalue weighted by Gasteiger charge is -2.31. The highest BCUT2D eigenvalue weighted by Gasteiger charge is 2.26. The maximum Gasteiger partial charge on any atom is 0.320 e. The number of rotatable bonds is 5. The van der Waals surface area contributed by atoms with Crippen molar-refractivity contribution >= 4 is 17.9 Å². The highest BCUT2D eigenvalue weighted by molar-refractivity contribution is 5.83. The molecule has 8 heteroatoms. The number of primary amides is 1. The van der Waals surface area contributed by atoms with Crippen LogP contribution in [0, 0.1) is 0 Å². The molecule has 1 aliphatic rings. The molecule has 1 heterocycles. The minimum Gasteiger partial charge on any atom is -0.480 e. The molecule has 0 aromatic heterocycles. The minimum absolute atomic E-state index is 0.0167. The summed E-state index contributed by atoms with van der Waals surface area (Å²) in [6, 6.07) is -0.343. The third-order valence-corrected chi connectivity index (χ3v) is 3.41. The molecule has 1 aliphatic heterocycles. The van der Waals surface area contributed by atoms with Gasteiger partial charge in [-0.05, 0) is 20.3 Å². The fourth-order valence-corrected chi connectivity index (χ4v) is 2.33. The molecule has 0 unspecified atom stereocenters. The molecule has 0 bridgehead atoms. The van der Waals surface area contributed by atoms with Crippen molar-refractivity contribution in [3.05, 3.63) is 0 Å². The summed E-state index contributed by atoms with van der Waals surface area (Å²) in [7, 11) is 0. The molecule has 0 aliphatic carbocycles. The van der Waals surface area contributed by atoms with Crippen LogP contribution >= 0.6 is 0 Å². The summed E-state index contributed by atoms with van der Waals surface area (Å²) in [5.41, 5.74) is 5.18. The van der Waals surface area contributed by atoms with E-state index in [0.29, 0.717) is 32.6 Å². The van der Waals surface area contributed by atoms with Gasteiger partial charge in [-0.1, -0.05) is 0 Å². The van der Waals surface area contributed by atoms with Crippen molar-refractivity contribution in [2.45, 2.75) is 26.3 Å². The first-order valence-electron chi connectivity index (χ1n) is 7.09. The van der Waals surface area contributed by atoms with E-state index in [4.69, 9.17) is 10.8 Å². The number of nitrogens with two attached hydrogens (primary N) is 1. The van der Waals surface area contributed by atoms with Crippen molar-refractivity contribution < 1.29 is 19.5 Å². The standard InChI is InChI=1S/C13H24N4O4/c1-10(2)17(8-11(14)18)13(21)16-5-3-4-15(6-7-16)9-12(19)20/h10H,3-9H2,1-2H3,(H2,14,18)(H,19,20). The van der Waals surface area contributed by atoms with E-state index in [2.05, 4.69) is 0 Å². The van der Waals surface area contributed by atoms with Crippen LogP contribution in [0.3, 0.4) is 0 Å². The molecule has 0 aromatic carbocycles. The summed E-state index contributed by atoms with van der Waals surface area (Å²) in [5, 5.41) is 8.81. The lowest BCUT2D eigenvalue weighted by Crippen LogP contribution is -2.50. The van der Waals surface area contributed by atoms with Gasteiger partial charge < -0.3 is 20.6 Å². The number of aliphatic carboxylic acids is 1. The van der Waals surface area contributed by atoms with E-state index in [1.807, 2.05) is 18.7 Å². The molecule has 0 aromatic rings. The molecule has 0 atom stereocenters. The second-order valence-corrected chi connectivity index (χ2v) is 5.48. The zero-order valence-corrected chi connectivity index (χ0v) is 12.6. The van der Waals surface area contributed by atoms with Gasteiger partial charge in [-0.3, -0.25) is 14.5 Å². The van der Waals surface area contributed by atoms with Gasteiger partial charge >= 0.3 is 12.0 Å². The molecule has 0 spiro atoms. The predicted molar refractivity (Wildman–Crippen MR) is 76.7 cm³/mol. The van der Waals surface area contributed by atoms with E-state index in [9.17, 15) is 14.4 Å². The number of carbonyl (C=O) groups is 3. The lowest BCUT2D eigenvalue weighted by molar-refractivity contribution is -0.138. The molecule has 1 saturated heterocycles. The van der Waals surface area contributed by atoms with E-state index in [-0.39, 0.29) is 25.2 Å². The summed E-state index contributed by atoms with van der Waals surface area (Å²) in [4.78, 5) is 39.2. The van der Waals surface area contributed by atoms with Crippen molar-refractivity contribution in [2.75, 3.05) is 39.3 Å². The largest absolute Gasteiger partial charge is 0.480 e.